The van der Waals surface area contributed by atoms with Crippen molar-refractivity contribution in [2.75, 3.05) is 7.11 Å². The van der Waals surface area contributed by atoms with Crippen molar-refractivity contribution in [3.8, 4) is 0 Å². The van der Waals surface area contributed by atoms with Gasteiger partial charge in [0, 0.05) is 13.2 Å². The Morgan fingerprint density at radius 3 is 2.88 bits per heavy atom. The van der Waals surface area contributed by atoms with Crippen LogP contribution in [-0.2, 0) is 22.0 Å². The zero-order valence-electron chi connectivity index (χ0n) is 9.80. The van der Waals surface area contributed by atoms with Crippen molar-refractivity contribution in [3.63, 3.8) is 0 Å². The molecule has 0 N–H and O–H groups in total. The van der Waals surface area contributed by atoms with E-state index in [1.807, 2.05) is 17.7 Å². The Balaban J connectivity index is 2.19. The standard InChI is InChI=1S/C12H13N3O2/c1-15-9-3-6-13-7-8(9)14-10(15)12(4-5-12)11(16)17-2/h3,6-7H,4-5H2,1-2H3. The fraction of sp³-hybridized carbons (Fsp3) is 0.417. The quantitative estimate of drug-likeness (QED) is 0.728. The van der Waals surface area contributed by atoms with Gasteiger partial charge in [0.1, 0.15) is 16.8 Å². The van der Waals surface area contributed by atoms with Gasteiger partial charge in [0.2, 0.25) is 0 Å². The van der Waals surface area contributed by atoms with Crippen molar-refractivity contribution in [3.05, 3.63) is 24.3 Å². The lowest BCUT2D eigenvalue weighted by molar-refractivity contribution is -0.143. The number of pyridine rings is 1. The number of carbonyl (C=O) groups is 1. The van der Waals surface area contributed by atoms with Crippen LogP contribution in [0.15, 0.2) is 18.5 Å². The molecule has 1 aliphatic carbocycles. The van der Waals surface area contributed by atoms with Gasteiger partial charge in [0.25, 0.3) is 0 Å². The van der Waals surface area contributed by atoms with E-state index in [-0.39, 0.29) is 5.97 Å². The van der Waals surface area contributed by atoms with Crippen LogP contribution in [0.4, 0.5) is 0 Å². The Morgan fingerprint density at radius 1 is 1.53 bits per heavy atom. The summed E-state index contributed by atoms with van der Waals surface area (Å²) in [5.41, 5.74) is 1.29. The third-order valence-electron chi connectivity index (χ3n) is 3.44. The number of rotatable bonds is 2. The van der Waals surface area contributed by atoms with Crippen molar-refractivity contribution in [1.29, 1.82) is 0 Å². The van der Waals surface area contributed by atoms with Gasteiger partial charge in [-0.25, -0.2) is 4.98 Å². The number of fused-ring (bicyclic) bond motifs is 1. The number of imidazole rings is 1. The van der Waals surface area contributed by atoms with Gasteiger partial charge in [-0.05, 0) is 18.9 Å². The molecule has 5 nitrogen and oxygen atoms in total. The minimum absolute atomic E-state index is 0.191. The average Bonchev–Trinajstić information content (AvgIpc) is 3.10. The van der Waals surface area contributed by atoms with Crippen LogP contribution in [0.5, 0.6) is 0 Å². The third-order valence-corrected chi connectivity index (χ3v) is 3.44. The molecule has 0 aromatic carbocycles. The zero-order valence-corrected chi connectivity index (χ0v) is 9.80. The fourth-order valence-corrected chi connectivity index (χ4v) is 2.32. The first-order valence-corrected chi connectivity index (χ1v) is 5.54. The zero-order chi connectivity index (χ0) is 12.0. The van der Waals surface area contributed by atoms with Gasteiger partial charge in [-0.1, -0.05) is 0 Å². The van der Waals surface area contributed by atoms with Crippen LogP contribution in [0.1, 0.15) is 18.7 Å². The third kappa shape index (κ3) is 1.28. The number of ether oxygens (including phenoxy) is 1. The van der Waals surface area contributed by atoms with E-state index in [0.717, 1.165) is 29.7 Å². The van der Waals surface area contributed by atoms with E-state index in [4.69, 9.17) is 4.74 Å². The Hall–Kier alpha value is -1.91. The summed E-state index contributed by atoms with van der Waals surface area (Å²) in [6.07, 6.45) is 5.06. The summed E-state index contributed by atoms with van der Waals surface area (Å²) in [7, 11) is 3.35. The lowest BCUT2D eigenvalue weighted by Gasteiger charge is -2.12. The van der Waals surface area contributed by atoms with E-state index >= 15 is 0 Å². The second-order valence-electron chi connectivity index (χ2n) is 4.43. The molecule has 1 saturated carbocycles. The predicted molar refractivity (Wildman–Crippen MR) is 61.4 cm³/mol. The SMILES string of the molecule is COC(=O)C1(c2nc3cnccc3n2C)CC1. The molecule has 17 heavy (non-hydrogen) atoms. The van der Waals surface area contributed by atoms with Crippen molar-refractivity contribution in [2.24, 2.45) is 7.05 Å². The van der Waals surface area contributed by atoms with Crippen molar-refractivity contribution in [2.45, 2.75) is 18.3 Å². The number of aromatic nitrogens is 3. The van der Waals surface area contributed by atoms with Crippen LogP contribution >= 0.6 is 0 Å². The van der Waals surface area contributed by atoms with Crippen LogP contribution in [0.25, 0.3) is 11.0 Å². The molecular formula is C12H13N3O2. The number of carbonyl (C=O) groups excluding carboxylic acids is 1. The van der Waals surface area contributed by atoms with Crippen LogP contribution in [-0.4, -0.2) is 27.6 Å². The van der Waals surface area contributed by atoms with Crippen LogP contribution in [0.2, 0.25) is 0 Å². The van der Waals surface area contributed by atoms with E-state index in [1.54, 1.807) is 12.4 Å². The molecular weight excluding hydrogens is 218 g/mol. The van der Waals surface area contributed by atoms with Gasteiger partial charge in [0.15, 0.2) is 0 Å². The number of nitrogens with zero attached hydrogens (tertiary/aromatic N) is 3. The largest absolute Gasteiger partial charge is 0.468 e. The first-order valence-electron chi connectivity index (χ1n) is 5.54. The topological polar surface area (TPSA) is 57.0 Å². The van der Waals surface area contributed by atoms with E-state index in [2.05, 4.69) is 9.97 Å². The number of hydrogen-bond donors (Lipinski definition) is 0. The minimum Gasteiger partial charge on any atom is -0.468 e. The van der Waals surface area contributed by atoms with Crippen LogP contribution in [0.3, 0.4) is 0 Å². The number of esters is 1. The Bertz CT molecular complexity index is 599. The lowest BCUT2D eigenvalue weighted by Crippen LogP contribution is -2.25. The van der Waals surface area contributed by atoms with E-state index < -0.39 is 5.41 Å². The minimum atomic E-state index is -0.525. The monoisotopic (exact) mass is 231 g/mol. The molecule has 1 aliphatic rings. The normalized spacial score (nSPS) is 17.1. The Labute approximate surface area is 98.4 Å². The number of aryl methyl sites for hydroxylation is 1. The second-order valence-corrected chi connectivity index (χ2v) is 4.43. The highest BCUT2D eigenvalue weighted by Gasteiger charge is 2.55. The molecule has 3 rings (SSSR count). The summed E-state index contributed by atoms with van der Waals surface area (Å²) >= 11 is 0. The Kier molecular flexibility index (Phi) is 1.98. The van der Waals surface area contributed by atoms with Crippen molar-refractivity contribution < 1.29 is 9.53 Å². The smallest absolute Gasteiger partial charge is 0.319 e. The molecule has 0 aliphatic heterocycles. The molecule has 0 spiro atoms. The predicted octanol–water partition coefficient (Wildman–Crippen LogP) is 1.17. The molecule has 0 bridgehead atoms. The van der Waals surface area contributed by atoms with Crippen LogP contribution < -0.4 is 0 Å². The molecule has 0 radical (unpaired) electrons. The molecule has 0 atom stereocenters. The van der Waals surface area contributed by atoms with E-state index in [0.29, 0.717) is 0 Å². The van der Waals surface area contributed by atoms with E-state index in [9.17, 15) is 4.79 Å². The summed E-state index contributed by atoms with van der Waals surface area (Å²) in [4.78, 5) is 20.4. The maximum absolute atomic E-state index is 11.8. The summed E-state index contributed by atoms with van der Waals surface area (Å²) in [6.45, 7) is 0. The number of methoxy groups -OCH3 is 1. The maximum atomic E-state index is 11.8. The van der Waals surface area contributed by atoms with Crippen LogP contribution in [0, 0.1) is 0 Å². The second kappa shape index (κ2) is 3.29. The highest BCUT2D eigenvalue weighted by atomic mass is 16.5. The molecule has 88 valence electrons. The summed E-state index contributed by atoms with van der Waals surface area (Å²) in [6, 6.07) is 1.90. The van der Waals surface area contributed by atoms with Gasteiger partial charge in [-0.2, -0.15) is 0 Å². The summed E-state index contributed by atoms with van der Waals surface area (Å²) < 4.78 is 6.83. The maximum Gasteiger partial charge on any atom is 0.319 e. The summed E-state index contributed by atoms with van der Waals surface area (Å²) in [5, 5.41) is 0. The lowest BCUT2D eigenvalue weighted by atomic mass is 10.1. The average molecular weight is 231 g/mol. The molecule has 1 fully saturated rings. The highest BCUT2D eigenvalue weighted by Crippen LogP contribution is 2.48. The van der Waals surface area contributed by atoms with E-state index in [1.165, 1.54) is 7.11 Å². The van der Waals surface area contributed by atoms with Gasteiger partial charge in [-0.3, -0.25) is 9.78 Å². The first-order chi connectivity index (χ1) is 8.19. The van der Waals surface area contributed by atoms with Gasteiger partial charge < -0.3 is 9.30 Å². The molecule has 0 saturated heterocycles. The molecule has 2 aromatic heterocycles. The van der Waals surface area contributed by atoms with Crippen molar-refractivity contribution >= 4 is 17.0 Å². The molecule has 2 aromatic rings. The van der Waals surface area contributed by atoms with Crippen molar-refractivity contribution in [1.82, 2.24) is 14.5 Å². The van der Waals surface area contributed by atoms with Gasteiger partial charge >= 0.3 is 5.97 Å². The van der Waals surface area contributed by atoms with Gasteiger partial charge in [0.05, 0.1) is 18.8 Å². The highest BCUT2D eigenvalue weighted by molar-refractivity contribution is 5.87. The van der Waals surface area contributed by atoms with Gasteiger partial charge in [-0.15, -0.1) is 0 Å². The fourth-order valence-electron chi connectivity index (χ4n) is 2.32. The summed E-state index contributed by atoms with van der Waals surface area (Å²) in [5.74, 6) is 0.594. The molecule has 0 amide bonds. The Morgan fingerprint density at radius 2 is 2.29 bits per heavy atom. The number of hydrogen-bond acceptors (Lipinski definition) is 4. The molecule has 5 heteroatoms. The molecule has 2 heterocycles. The molecule has 0 unspecified atom stereocenters. The first kappa shape index (κ1) is 10.3.